The van der Waals surface area contributed by atoms with Crippen molar-refractivity contribution in [1.29, 1.82) is 0 Å². The molecule has 0 fully saturated rings. The Bertz CT molecular complexity index is 427. The molecular weight excluding hydrogens is 260 g/mol. The van der Waals surface area contributed by atoms with Gasteiger partial charge in [0.25, 0.3) is 0 Å². The Morgan fingerprint density at radius 1 is 1.19 bits per heavy atom. The van der Waals surface area contributed by atoms with E-state index in [9.17, 15) is 0 Å². The van der Waals surface area contributed by atoms with E-state index in [-0.39, 0.29) is 0 Å². The van der Waals surface area contributed by atoms with Crippen molar-refractivity contribution < 1.29 is 4.74 Å². The van der Waals surface area contributed by atoms with Crippen LogP contribution in [-0.2, 0) is 6.42 Å². The van der Waals surface area contributed by atoms with E-state index in [0.29, 0.717) is 12.0 Å². The first-order chi connectivity index (χ1) is 10.1. The summed E-state index contributed by atoms with van der Waals surface area (Å²) in [5, 5.41) is 3.72. The van der Waals surface area contributed by atoms with E-state index in [1.807, 2.05) is 6.20 Å². The van der Waals surface area contributed by atoms with Gasteiger partial charge in [-0.1, -0.05) is 33.6 Å². The summed E-state index contributed by atoms with van der Waals surface area (Å²) < 4.78 is 5.53. The third kappa shape index (κ3) is 4.70. The molecule has 0 aliphatic heterocycles. The summed E-state index contributed by atoms with van der Waals surface area (Å²) in [7, 11) is 1.74. The molecular formula is C18H32N2O. The molecule has 0 aromatic carbocycles. The predicted molar refractivity (Wildman–Crippen MR) is 90.1 cm³/mol. The zero-order valence-electron chi connectivity index (χ0n) is 14.6. The zero-order valence-corrected chi connectivity index (χ0v) is 14.6. The van der Waals surface area contributed by atoms with Crippen molar-refractivity contribution in [2.24, 2.45) is 5.92 Å². The van der Waals surface area contributed by atoms with Crippen LogP contribution in [0.1, 0.15) is 56.9 Å². The van der Waals surface area contributed by atoms with Crippen molar-refractivity contribution >= 4 is 0 Å². The van der Waals surface area contributed by atoms with Crippen LogP contribution in [0.25, 0.3) is 0 Å². The van der Waals surface area contributed by atoms with Gasteiger partial charge in [-0.05, 0) is 32.7 Å². The standard InChI is InChI=1S/C18H32N2O/c1-7-10-19-17(15(8-2)9-3)11-16-14(5)18(21-6)13(4)12-20-16/h12,15,17,19H,7-11H2,1-6H3. The van der Waals surface area contributed by atoms with Gasteiger partial charge in [0, 0.05) is 35.5 Å². The number of pyridine rings is 1. The van der Waals surface area contributed by atoms with Gasteiger partial charge in [0.2, 0.25) is 0 Å². The van der Waals surface area contributed by atoms with Crippen molar-refractivity contribution in [2.45, 2.75) is 66.3 Å². The second kappa shape index (κ2) is 9.04. The van der Waals surface area contributed by atoms with Gasteiger partial charge >= 0.3 is 0 Å². The van der Waals surface area contributed by atoms with E-state index in [1.165, 1.54) is 24.8 Å². The maximum atomic E-state index is 5.53. The minimum Gasteiger partial charge on any atom is -0.496 e. The van der Waals surface area contributed by atoms with Gasteiger partial charge < -0.3 is 10.1 Å². The Hall–Kier alpha value is -1.09. The Kier molecular flexibility index (Phi) is 7.73. The minimum atomic E-state index is 0.499. The van der Waals surface area contributed by atoms with E-state index < -0.39 is 0 Å². The number of nitrogens with zero attached hydrogens (tertiary/aromatic N) is 1. The van der Waals surface area contributed by atoms with Crippen LogP contribution in [-0.4, -0.2) is 24.7 Å². The first-order valence-corrected chi connectivity index (χ1v) is 8.31. The number of methoxy groups -OCH3 is 1. The Morgan fingerprint density at radius 3 is 2.38 bits per heavy atom. The van der Waals surface area contributed by atoms with E-state index in [2.05, 4.69) is 44.9 Å². The summed E-state index contributed by atoms with van der Waals surface area (Å²) in [4.78, 5) is 4.67. The van der Waals surface area contributed by atoms with Crippen LogP contribution in [0.5, 0.6) is 5.75 Å². The van der Waals surface area contributed by atoms with E-state index in [0.717, 1.165) is 30.0 Å². The molecule has 1 aromatic rings. The molecule has 0 spiro atoms. The first-order valence-electron chi connectivity index (χ1n) is 8.31. The average Bonchev–Trinajstić information content (AvgIpc) is 2.48. The fourth-order valence-electron chi connectivity index (χ4n) is 3.08. The zero-order chi connectivity index (χ0) is 15.8. The molecule has 0 bridgehead atoms. The normalized spacial score (nSPS) is 12.7. The summed E-state index contributed by atoms with van der Waals surface area (Å²) in [6.07, 6.45) is 6.50. The fraction of sp³-hybridized carbons (Fsp3) is 0.722. The molecule has 1 aromatic heterocycles. The molecule has 0 amide bonds. The van der Waals surface area contributed by atoms with Gasteiger partial charge in [-0.15, -0.1) is 0 Å². The van der Waals surface area contributed by atoms with E-state index in [1.54, 1.807) is 7.11 Å². The molecule has 0 saturated carbocycles. The molecule has 3 nitrogen and oxygen atoms in total. The van der Waals surface area contributed by atoms with Crippen molar-refractivity contribution in [3.63, 3.8) is 0 Å². The van der Waals surface area contributed by atoms with Crippen LogP contribution >= 0.6 is 0 Å². The SMILES string of the molecule is CCCNC(Cc1ncc(C)c(OC)c1C)C(CC)CC. The number of nitrogens with one attached hydrogen (secondary N) is 1. The van der Waals surface area contributed by atoms with Gasteiger partial charge in [0.15, 0.2) is 0 Å². The molecule has 1 unspecified atom stereocenters. The van der Waals surface area contributed by atoms with Gasteiger partial charge in [-0.3, -0.25) is 4.98 Å². The van der Waals surface area contributed by atoms with Gasteiger partial charge in [0.05, 0.1) is 7.11 Å². The number of aryl methyl sites for hydroxylation is 1. The first kappa shape index (κ1) is 18.0. The third-order valence-corrected chi connectivity index (χ3v) is 4.44. The van der Waals surface area contributed by atoms with Crippen LogP contribution in [0.3, 0.4) is 0 Å². The number of ether oxygens (including phenoxy) is 1. The Balaban J connectivity index is 2.97. The highest BCUT2D eigenvalue weighted by Gasteiger charge is 2.21. The Morgan fingerprint density at radius 2 is 1.86 bits per heavy atom. The van der Waals surface area contributed by atoms with Crippen molar-refractivity contribution in [3.8, 4) is 5.75 Å². The van der Waals surface area contributed by atoms with Gasteiger partial charge in [-0.25, -0.2) is 0 Å². The van der Waals surface area contributed by atoms with Crippen LogP contribution in [0.2, 0.25) is 0 Å². The molecule has 1 atom stereocenters. The van der Waals surface area contributed by atoms with Crippen LogP contribution in [0.15, 0.2) is 6.20 Å². The second-order valence-electron chi connectivity index (χ2n) is 5.89. The second-order valence-corrected chi connectivity index (χ2v) is 5.89. The maximum absolute atomic E-state index is 5.53. The lowest BCUT2D eigenvalue weighted by atomic mass is 9.89. The lowest BCUT2D eigenvalue weighted by molar-refractivity contribution is 0.329. The summed E-state index contributed by atoms with van der Waals surface area (Å²) in [6.45, 7) is 12.0. The van der Waals surface area contributed by atoms with Crippen molar-refractivity contribution in [1.82, 2.24) is 10.3 Å². The fourth-order valence-corrected chi connectivity index (χ4v) is 3.08. The van der Waals surface area contributed by atoms with Gasteiger partial charge in [0.1, 0.15) is 5.75 Å². The smallest absolute Gasteiger partial charge is 0.128 e. The minimum absolute atomic E-state index is 0.499. The maximum Gasteiger partial charge on any atom is 0.128 e. The molecule has 0 saturated heterocycles. The topological polar surface area (TPSA) is 34.2 Å². The molecule has 0 radical (unpaired) electrons. The number of aromatic nitrogens is 1. The molecule has 1 rings (SSSR count). The highest BCUT2D eigenvalue weighted by atomic mass is 16.5. The molecule has 1 heterocycles. The summed E-state index contributed by atoms with van der Waals surface area (Å²) in [6, 6.07) is 0.499. The number of hydrogen-bond acceptors (Lipinski definition) is 3. The van der Waals surface area contributed by atoms with Crippen LogP contribution in [0, 0.1) is 19.8 Å². The number of rotatable bonds is 9. The van der Waals surface area contributed by atoms with Crippen molar-refractivity contribution in [2.75, 3.05) is 13.7 Å². The summed E-state index contributed by atoms with van der Waals surface area (Å²) in [5.41, 5.74) is 3.46. The van der Waals surface area contributed by atoms with Crippen LogP contribution < -0.4 is 10.1 Å². The van der Waals surface area contributed by atoms with E-state index in [4.69, 9.17) is 4.74 Å². The largest absolute Gasteiger partial charge is 0.496 e. The van der Waals surface area contributed by atoms with Crippen LogP contribution in [0.4, 0.5) is 0 Å². The van der Waals surface area contributed by atoms with E-state index >= 15 is 0 Å². The monoisotopic (exact) mass is 292 g/mol. The summed E-state index contributed by atoms with van der Waals surface area (Å²) in [5.74, 6) is 1.68. The summed E-state index contributed by atoms with van der Waals surface area (Å²) >= 11 is 0. The lowest BCUT2D eigenvalue weighted by Gasteiger charge is -2.27. The quantitative estimate of drug-likeness (QED) is 0.745. The molecule has 3 heteroatoms. The van der Waals surface area contributed by atoms with Gasteiger partial charge in [-0.2, -0.15) is 0 Å². The molecule has 21 heavy (non-hydrogen) atoms. The number of hydrogen-bond donors (Lipinski definition) is 1. The average molecular weight is 292 g/mol. The van der Waals surface area contributed by atoms with Crippen molar-refractivity contribution in [3.05, 3.63) is 23.0 Å². The third-order valence-electron chi connectivity index (χ3n) is 4.44. The highest BCUT2D eigenvalue weighted by Crippen LogP contribution is 2.26. The molecule has 0 aliphatic carbocycles. The predicted octanol–water partition coefficient (Wildman–Crippen LogP) is 4.05. The Labute approximate surface area is 130 Å². The molecule has 1 N–H and O–H groups in total. The molecule has 120 valence electrons. The highest BCUT2D eigenvalue weighted by molar-refractivity contribution is 5.41. The molecule has 0 aliphatic rings. The lowest BCUT2D eigenvalue weighted by Crippen LogP contribution is -2.38.